The van der Waals surface area contributed by atoms with E-state index in [1.165, 1.54) is 0 Å². The second-order valence-electron chi connectivity index (χ2n) is 4.06. The zero-order valence-corrected chi connectivity index (χ0v) is 9.02. The van der Waals surface area contributed by atoms with Crippen molar-refractivity contribution in [3.8, 4) is 5.75 Å². The SMILES string of the molecule is CC1COCCN1Cc1cccc(O)c1. The summed E-state index contributed by atoms with van der Waals surface area (Å²) in [5.74, 6) is 0.341. The number of aromatic hydroxyl groups is 1. The molecule has 1 saturated heterocycles. The lowest BCUT2D eigenvalue weighted by molar-refractivity contribution is -0.00438. The van der Waals surface area contributed by atoms with Crippen LogP contribution < -0.4 is 0 Å². The van der Waals surface area contributed by atoms with E-state index in [2.05, 4.69) is 11.8 Å². The monoisotopic (exact) mass is 207 g/mol. The zero-order chi connectivity index (χ0) is 10.7. The molecule has 0 aromatic heterocycles. The van der Waals surface area contributed by atoms with E-state index in [4.69, 9.17) is 4.74 Å². The van der Waals surface area contributed by atoms with Gasteiger partial charge in [-0.25, -0.2) is 0 Å². The topological polar surface area (TPSA) is 32.7 Å². The number of ether oxygens (including phenoxy) is 1. The molecule has 1 unspecified atom stereocenters. The fraction of sp³-hybridized carbons (Fsp3) is 0.500. The fourth-order valence-electron chi connectivity index (χ4n) is 1.89. The molecule has 1 aliphatic heterocycles. The van der Waals surface area contributed by atoms with Gasteiger partial charge in [0, 0.05) is 19.1 Å². The van der Waals surface area contributed by atoms with Crippen molar-refractivity contribution < 1.29 is 9.84 Å². The van der Waals surface area contributed by atoms with E-state index in [1.54, 1.807) is 6.07 Å². The maximum Gasteiger partial charge on any atom is 0.115 e. The molecule has 0 saturated carbocycles. The Hall–Kier alpha value is -1.06. The van der Waals surface area contributed by atoms with Gasteiger partial charge in [0.25, 0.3) is 0 Å². The average Bonchev–Trinajstić information content (AvgIpc) is 2.22. The molecule has 1 fully saturated rings. The van der Waals surface area contributed by atoms with Gasteiger partial charge in [-0.1, -0.05) is 12.1 Å². The average molecular weight is 207 g/mol. The molecule has 1 aromatic rings. The molecule has 3 nitrogen and oxygen atoms in total. The molecule has 0 aliphatic carbocycles. The molecule has 0 bridgehead atoms. The van der Waals surface area contributed by atoms with Crippen LogP contribution >= 0.6 is 0 Å². The lowest BCUT2D eigenvalue weighted by atomic mass is 10.1. The summed E-state index contributed by atoms with van der Waals surface area (Å²) in [6.45, 7) is 5.64. The highest BCUT2D eigenvalue weighted by atomic mass is 16.5. The van der Waals surface area contributed by atoms with E-state index in [1.807, 2.05) is 18.2 Å². The number of phenols is 1. The minimum atomic E-state index is 0.341. The Morgan fingerprint density at radius 2 is 2.40 bits per heavy atom. The Labute approximate surface area is 90.3 Å². The van der Waals surface area contributed by atoms with Crippen LogP contribution in [0.25, 0.3) is 0 Å². The molecule has 0 radical (unpaired) electrons. The van der Waals surface area contributed by atoms with Crippen LogP contribution in [0.2, 0.25) is 0 Å². The number of phenolic OH excluding ortho intramolecular Hbond substituents is 1. The smallest absolute Gasteiger partial charge is 0.115 e. The Morgan fingerprint density at radius 1 is 1.53 bits per heavy atom. The third kappa shape index (κ3) is 2.70. The van der Waals surface area contributed by atoms with Crippen LogP contribution in [0.4, 0.5) is 0 Å². The molecule has 1 N–H and O–H groups in total. The van der Waals surface area contributed by atoms with Gasteiger partial charge in [0.15, 0.2) is 0 Å². The zero-order valence-electron chi connectivity index (χ0n) is 9.02. The molecule has 1 heterocycles. The highest BCUT2D eigenvalue weighted by molar-refractivity contribution is 5.27. The van der Waals surface area contributed by atoms with Gasteiger partial charge in [0.1, 0.15) is 5.75 Å². The predicted octanol–water partition coefficient (Wildman–Crippen LogP) is 1.61. The van der Waals surface area contributed by atoms with Crippen molar-refractivity contribution in [1.82, 2.24) is 4.90 Å². The number of hydrogen-bond donors (Lipinski definition) is 1. The fourth-order valence-corrected chi connectivity index (χ4v) is 1.89. The molecule has 3 heteroatoms. The maximum atomic E-state index is 9.37. The first-order valence-electron chi connectivity index (χ1n) is 5.35. The molecule has 82 valence electrons. The molecule has 15 heavy (non-hydrogen) atoms. The van der Waals surface area contributed by atoms with Crippen LogP contribution in [0.3, 0.4) is 0 Å². The Morgan fingerprint density at radius 3 is 3.13 bits per heavy atom. The van der Waals surface area contributed by atoms with E-state index in [0.717, 1.165) is 31.9 Å². The number of hydrogen-bond acceptors (Lipinski definition) is 3. The summed E-state index contributed by atoms with van der Waals surface area (Å²) in [6.07, 6.45) is 0. The lowest BCUT2D eigenvalue weighted by Gasteiger charge is -2.33. The second kappa shape index (κ2) is 4.64. The number of rotatable bonds is 2. The first-order chi connectivity index (χ1) is 7.25. The number of nitrogens with zero attached hydrogens (tertiary/aromatic N) is 1. The molecule has 0 spiro atoms. The van der Waals surface area contributed by atoms with E-state index < -0.39 is 0 Å². The van der Waals surface area contributed by atoms with E-state index in [0.29, 0.717) is 11.8 Å². The van der Waals surface area contributed by atoms with Gasteiger partial charge in [0.2, 0.25) is 0 Å². The quantitative estimate of drug-likeness (QED) is 0.799. The summed E-state index contributed by atoms with van der Waals surface area (Å²) in [7, 11) is 0. The standard InChI is InChI=1S/C12H17NO2/c1-10-9-15-6-5-13(10)8-11-3-2-4-12(14)7-11/h2-4,7,10,14H,5-6,8-9H2,1H3. The molecule has 2 rings (SSSR count). The Balaban J connectivity index is 2.01. The van der Waals surface area contributed by atoms with Gasteiger partial charge in [-0.05, 0) is 24.6 Å². The predicted molar refractivity (Wildman–Crippen MR) is 58.8 cm³/mol. The summed E-state index contributed by atoms with van der Waals surface area (Å²) in [5, 5.41) is 9.37. The van der Waals surface area contributed by atoms with Crippen molar-refractivity contribution in [2.24, 2.45) is 0 Å². The molecule has 1 aromatic carbocycles. The maximum absolute atomic E-state index is 9.37. The summed E-state index contributed by atoms with van der Waals surface area (Å²) in [6, 6.07) is 7.91. The van der Waals surface area contributed by atoms with Gasteiger partial charge < -0.3 is 9.84 Å². The summed E-state index contributed by atoms with van der Waals surface area (Å²) >= 11 is 0. The molecule has 0 amide bonds. The molecular weight excluding hydrogens is 190 g/mol. The van der Waals surface area contributed by atoms with Crippen molar-refractivity contribution in [3.63, 3.8) is 0 Å². The van der Waals surface area contributed by atoms with Crippen LogP contribution in [-0.2, 0) is 11.3 Å². The van der Waals surface area contributed by atoms with Gasteiger partial charge >= 0.3 is 0 Å². The highest BCUT2D eigenvalue weighted by Crippen LogP contribution is 2.15. The van der Waals surface area contributed by atoms with Crippen LogP contribution in [0.1, 0.15) is 12.5 Å². The van der Waals surface area contributed by atoms with Crippen molar-refractivity contribution in [2.45, 2.75) is 19.5 Å². The summed E-state index contributed by atoms with van der Waals surface area (Å²) in [4.78, 5) is 2.37. The van der Waals surface area contributed by atoms with Crippen LogP contribution in [-0.4, -0.2) is 35.8 Å². The molecular formula is C12H17NO2. The molecule has 1 aliphatic rings. The third-order valence-corrected chi connectivity index (χ3v) is 2.80. The van der Waals surface area contributed by atoms with Crippen molar-refractivity contribution in [3.05, 3.63) is 29.8 Å². The first-order valence-corrected chi connectivity index (χ1v) is 5.35. The van der Waals surface area contributed by atoms with Crippen molar-refractivity contribution >= 4 is 0 Å². The molecule has 1 atom stereocenters. The second-order valence-corrected chi connectivity index (χ2v) is 4.06. The normalized spacial score (nSPS) is 22.9. The summed E-state index contributed by atoms with van der Waals surface area (Å²) < 4.78 is 5.38. The van der Waals surface area contributed by atoms with Gasteiger partial charge in [0.05, 0.1) is 13.2 Å². The van der Waals surface area contributed by atoms with Gasteiger partial charge in [-0.15, -0.1) is 0 Å². The van der Waals surface area contributed by atoms with Gasteiger partial charge in [-0.2, -0.15) is 0 Å². The van der Waals surface area contributed by atoms with E-state index in [-0.39, 0.29) is 0 Å². The first kappa shape index (κ1) is 10.5. The largest absolute Gasteiger partial charge is 0.508 e. The minimum absolute atomic E-state index is 0.341. The van der Waals surface area contributed by atoms with Crippen LogP contribution in [0.15, 0.2) is 24.3 Å². The highest BCUT2D eigenvalue weighted by Gasteiger charge is 2.18. The Bertz CT molecular complexity index is 327. The minimum Gasteiger partial charge on any atom is -0.508 e. The van der Waals surface area contributed by atoms with Crippen molar-refractivity contribution in [1.29, 1.82) is 0 Å². The number of benzene rings is 1. The van der Waals surface area contributed by atoms with Crippen molar-refractivity contribution in [2.75, 3.05) is 19.8 Å². The van der Waals surface area contributed by atoms with E-state index >= 15 is 0 Å². The third-order valence-electron chi connectivity index (χ3n) is 2.80. The summed E-state index contributed by atoms with van der Waals surface area (Å²) in [5.41, 5.74) is 1.16. The lowest BCUT2D eigenvalue weighted by Crippen LogP contribution is -2.42. The van der Waals surface area contributed by atoms with E-state index in [9.17, 15) is 5.11 Å². The van der Waals surface area contributed by atoms with Crippen LogP contribution in [0, 0.1) is 0 Å². The number of morpholine rings is 1. The van der Waals surface area contributed by atoms with Crippen LogP contribution in [0.5, 0.6) is 5.75 Å². The Kier molecular flexibility index (Phi) is 3.23. The van der Waals surface area contributed by atoms with Gasteiger partial charge in [-0.3, -0.25) is 4.90 Å².